The third-order valence-corrected chi connectivity index (χ3v) is 5.66. The van der Waals surface area contributed by atoms with Crippen molar-refractivity contribution in [2.75, 3.05) is 39.8 Å². The minimum Gasteiger partial charge on any atom is -0.468 e. The van der Waals surface area contributed by atoms with Crippen LogP contribution in [0, 0.1) is 0 Å². The zero-order valence-corrected chi connectivity index (χ0v) is 17.2. The fraction of sp³-hybridized carbons (Fsp3) is 0.524. The summed E-state index contributed by atoms with van der Waals surface area (Å²) >= 11 is 6.35. The van der Waals surface area contributed by atoms with Gasteiger partial charge in [0, 0.05) is 50.1 Å². The van der Waals surface area contributed by atoms with Crippen LogP contribution < -0.4 is 0 Å². The van der Waals surface area contributed by atoms with Crippen LogP contribution in [-0.2, 0) is 16.1 Å². The molecule has 6 nitrogen and oxygen atoms in total. The highest BCUT2D eigenvalue weighted by molar-refractivity contribution is 6.31. The number of benzene rings is 1. The van der Waals surface area contributed by atoms with Gasteiger partial charge in [0.05, 0.1) is 7.11 Å². The maximum absolute atomic E-state index is 12.4. The van der Waals surface area contributed by atoms with Gasteiger partial charge in [-0.1, -0.05) is 36.2 Å². The largest absolute Gasteiger partial charge is 0.468 e. The van der Waals surface area contributed by atoms with Crippen LogP contribution in [0.25, 0.3) is 0 Å². The molecule has 1 aromatic heterocycles. The standard InChI is InChI=1S/C21H29ClN4O2/c1-28-21(27)20(18-8-3-4-9-19(18)22)25-16-14-24(15-17-25)11-5-2-6-12-26-13-7-10-23-26/h3-4,7-10,13,20H,2,5-6,11-12,14-17H2,1H3. The predicted octanol–water partition coefficient (Wildman–Crippen LogP) is 3.24. The maximum Gasteiger partial charge on any atom is 0.327 e. The Kier molecular flexibility index (Phi) is 7.89. The van der Waals surface area contributed by atoms with Crippen molar-refractivity contribution in [3.05, 3.63) is 53.3 Å². The minimum absolute atomic E-state index is 0.250. The van der Waals surface area contributed by atoms with Gasteiger partial charge in [0.15, 0.2) is 0 Å². The highest BCUT2D eigenvalue weighted by atomic mass is 35.5. The highest BCUT2D eigenvalue weighted by Gasteiger charge is 2.32. The molecule has 0 N–H and O–H groups in total. The van der Waals surface area contributed by atoms with Gasteiger partial charge in [-0.05, 0) is 37.1 Å². The summed E-state index contributed by atoms with van der Waals surface area (Å²) in [6.07, 6.45) is 7.37. The van der Waals surface area contributed by atoms with Crippen molar-refractivity contribution in [1.29, 1.82) is 0 Å². The molecule has 1 aliphatic rings. The van der Waals surface area contributed by atoms with E-state index in [1.54, 1.807) is 0 Å². The average molecular weight is 405 g/mol. The lowest BCUT2D eigenvalue weighted by molar-refractivity contribution is -0.148. The Hall–Kier alpha value is -1.89. The van der Waals surface area contributed by atoms with E-state index in [9.17, 15) is 4.79 Å². The number of hydrogen-bond acceptors (Lipinski definition) is 5. The van der Waals surface area contributed by atoms with Gasteiger partial charge in [0.25, 0.3) is 0 Å². The molecular weight excluding hydrogens is 376 g/mol. The zero-order valence-electron chi connectivity index (χ0n) is 16.5. The molecule has 28 heavy (non-hydrogen) atoms. The van der Waals surface area contributed by atoms with Gasteiger partial charge in [-0.3, -0.25) is 9.58 Å². The molecule has 0 radical (unpaired) electrons. The van der Waals surface area contributed by atoms with E-state index in [0.29, 0.717) is 5.02 Å². The highest BCUT2D eigenvalue weighted by Crippen LogP contribution is 2.29. The summed E-state index contributed by atoms with van der Waals surface area (Å²) < 4.78 is 7.05. The van der Waals surface area contributed by atoms with Crippen molar-refractivity contribution in [3.63, 3.8) is 0 Å². The number of unbranched alkanes of at least 4 members (excludes halogenated alkanes) is 2. The molecule has 1 atom stereocenters. The second-order valence-corrected chi connectivity index (χ2v) is 7.56. The summed E-state index contributed by atoms with van der Waals surface area (Å²) in [5.74, 6) is -0.250. The molecule has 2 aromatic rings. The van der Waals surface area contributed by atoms with Crippen molar-refractivity contribution < 1.29 is 9.53 Å². The second kappa shape index (κ2) is 10.6. The van der Waals surface area contributed by atoms with Crippen LogP contribution in [0.3, 0.4) is 0 Å². The summed E-state index contributed by atoms with van der Waals surface area (Å²) in [6.45, 7) is 5.66. The van der Waals surface area contributed by atoms with Crippen molar-refractivity contribution in [2.45, 2.75) is 31.8 Å². The van der Waals surface area contributed by atoms with Crippen molar-refractivity contribution in [2.24, 2.45) is 0 Å². The maximum atomic E-state index is 12.4. The summed E-state index contributed by atoms with van der Waals surface area (Å²) in [4.78, 5) is 17.1. The molecule has 0 bridgehead atoms. The van der Waals surface area contributed by atoms with Gasteiger partial charge in [-0.2, -0.15) is 5.10 Å². The smallest absolute Gasteiger partial charge is 0.327 e. The van der Waals surface area contributed by atoms with Crippen LogP contribution in [0.2, 0.25) is 5.02 Å². The van der Waals surface area contributed by atoms with E-state index < -0.39 is 6.04 Å². The quantitative estimate of drug-likeness (QED) is 0.474. The summed E-state index contributed by atoms with van der Waals surface area (Å²) in [7, 11) is 1.44. The van der Waals surface area contributed by atoms with E-state index >= 15 is 0 Å². The number of piperazine rings is 1. The molecule has 7 heteroatoms. The molecule has 3 rings (SSSR count). The van der Waals surface area contributed by atoms with Crippen LogP contribution in [-0.4, -0.2) is 65.4 Å². The number of carbonyl (C=O) groups is 1. The first kappa shape index (κ1) is 20.8. The number of rotatable bonds is 9. The Balaban J connectivity index is 1.45. The number of nitrogens with zero attached hydrogens (tertiary/aromatic N) is 4. The Morgan fingerprint density at radius 2 is 1.86 bits per heavy atom. The Labute approximate surface area is 172 Å². The molecule has 1 unspecified atom stereocenters. The zero-order chi connectivity index (χ0) is 19.8. The Morgan fingerprint density at radius 1 is 1.11 bits per heavy atom. The number of halogens is 1. The normalized spacial score (nSPS) is 16.8. The third kappa shape index (κ3) is 5.56. The molecule has 0 amide bonds. The minimum atomic E-state index is -0.435. The van der Waals surface area contributed by atoms with E-state index in [4.69, 9.17) is 16.3 Å². The molecule has 0 saturated carbocycles. The molecule has 1 aliphatic heterocycles. The summed E-state index contributed by atoms with van der Waals surface area (Å²) in [5.41, 5.74) is 0.822. The number of aryl methyl sites for hydroxylation is 1. The molecule has 152 valence electrons. The Morgan fingerprint density at radius 3 is 2.54 bits per heavy atom. The summed E-state index contributed by atoms with van der Waals surface area (Å²) in [5, 5.41) is 4.84. The lowest BCUT2D eigenvalue weighted by Crippen LogP contribution is -2.49. The van der Waals surface area contributed by atoms with Crippen molar-refractivity contribution in [3.8, 4) is 0 Å². The van der Waals surface area contributed by atoms with Gasteiger partial charge < -0.3 is 9.64 Å². The topological polar surface area (TPSA) is 50.6 Å². The van der Waals surface area contributed by atoms with E-state index in [1.807, 2.05) is 47.4 Å². The predicted molar refractivity (Wildman–Crippen MR) is 110 cm³/mol. The Bertz CT molecular complexity index is 730. The lowest BCUT2D eigenvalue weighted by Gasteiger charge is -2.38. The average Bonchev–Trinajstić information content (AvgIpc) is 3.24. The molecule has 1 aromatic carbocycles. The number of ether oxygens (including phenoxy) is 1. The van der Waals surface area contributed by atoms with Crippen LogP contribution in [0.5, 0.6) is 0 Å². The van der Waals surface area contributed by atoms with Gasteiger partial charge in [-0.25, -0.2) is 4.79 Å². The first-order valence-corrected chi connectivity index (χ1v) is 10.3. The van der Waals surface area contributed by atoms with Crippen LogP contribution >= 0.6 is 11.6 Å². The molecule has 0 aliphatic carbocycles. The van der Waals surface area contributed by atoms with Gasteiger partial charge >= 0.3 is 5.97 Å². The molecule has 0 spiro atoms. The van der Waals surface area contributed by atoms with Crippen molar-refractivity contribution >= 4 is 17.6 Å². The first-order chi connectivity index (χ1) is 13.7. The SMILES string of the molecule is COC(=O)C(c1ccccc1Cl)N1CCN(CCCCCn2cccn2)CC1. The van der Waals surface area contributed by atoms with Crippen LogP contribution in [0.1, 0.15) is 30.9 Å². The van der Waals surface area contributed by atoms with Crippen LogP contribution in [0.15, 0.2) is 42.7 Å². The van der Waals surface area contributed by atoms with Gasteiger partial charge in [-0.15, -0.1) is 0 Å². The van der Waals surface area contributed by atoms with Gasteiger partial charge in [0.1, 0.15) is 6.04 Å². The number of hydrogen-bond donors (Lipinski definition) is 0. The number of methoxy groups -OCH3 is 1. The fourth-order valence-corrected chi connectivity index (χ4v) is 3.98. The number of esters is 1. The van der Waals surface area contributed by atoms with E-state index in [2.05, 4.69) is 14.9 Å². The first-order valence-electron chi connectivity index (χ1n) is 9.95. The number of carbonyl (C=O) groups excluding carboxylic acids is 1. The van der Waals surface area contributed by atoms with E-state index in [-0.39, 0.29) is 5.97 Å². The molecule has 1 fully saturated rings. The van der Waals surface area contributed by atoms with Crippen LogP contribution in [0.4, 0.5) is 0 Å². The number of aromatic nitrogens is 2. The monoisotopic (exact) mass is 404 g/mol. The van der Waals surface area contributed by atoms with E-state index in [1.165, 1.54) is 20.0 Å². The molecule has 2 heterocycles. The second-order valence-electron chi connectivity index (χ2n) is 7.15. The molecule has 1 saturated heterocycles. The lowest BCUT2D eigenvalue weighted by atomic mass is 10.0. The third-order valence-electron chi connectivity index (χ3n) is 5.32. The van der Waals surface area contributed by atoms with Crippen molar-refractivity contribution in [1.82, 2.24) is 19.6 Å². The van der Waals surface area contributed by atoms with Gasteiger partial charge in [0.2, 0.25) is 0 Å². The van der Waals surface area contributed by atoms with E-state index in [0.717, 1.165) is 51.3 Å². The summed E-state index contributed by atoms with van der Waals surface area (Å²) in [6, 6.07) is 9.06. The fourth-order valence-electron chi connectivity index (χ4n) is 3.75. The molecular formula is C21H29ClN4O2.